The Balaban J connectivity index is 1.85. The van der Waals surface area contributed by atoms with Crippen LogP contribution in [0.4, 0.5) is 0 Å². The van der Waals surface area contributed by atoms with Crippen LogP contribution in [0, 0.1) is 5.92 Å². The van der Waals surface area contributed by atoms with E-state index in [0.29, 0.717) is 12.0 Å². The van der Waals surface area contributed by atoms with Gasteiger partial charge in [0.25, 0.3) is 0 Å². The highest BCUT2D eigenvalue weighted by molar-refractivity contribution is 5.27. The number of hydrogen-bond donors (Lipinski definition) is 1. The summed E-state index contributed by atoms with van der Waals surface area (Å²) < 4.78 is 10.8. The summed E-state index contributed by atoms with van der Waals surface area (Å²) in [5.41, 5.74) is 1.31. The molecule has 4 heteroatoms. The molecular weight excluding hydrogens is 252 g/mol. The third-order valence-corrected chi connectivity index (χ3v) is 4.00. The summed E-state index contributed by atoms with van der Waals surface area (Å²) in [6.45, 7) is 3.75. The maximum absolute atomic E-state index is 5.61. The first-order valence-electron chi connectivity index (χ1n) is 7.29. The highest BCUT2D eigenvalue weighted by Gasteiger charge is 2.25. The molecule has 1 fully saturated rings. The molecule has 4 nitrogen and oxygen atoms in total. The molecule has 1 N–H and O–H groups in total. The maximum atomic E-state index is 5.61. The molecule has 1 aliphatic rings. The fraction of sp³-hybridized carbons (Fsp3) is 0.625. The van der Waals surface area contributed by atoms with Gasteiger partial charge in [-0.25, -0.2) is 0 Å². The molecule has 1 aromatic rings. The second kappa shape index (κ2) is 7.62. The van der Waals surface area contributed by atoms with Gasteiger partial charge in [-0.2, -0.15) is 0 Å². The van der Waals surface area contributed by atoms with E-state index in [-0.39, 0.29) is 0 Å². The summed E-state index contributed by atoms with van der Waals surface area (Å²) in [4.78, 5) is 2.37. The van der Waals surface area contributed by atoms with Crippen molar-refractivity contribution < 1.29 is 9.47 Å². The molecule has 0 bridgehead atoms. The van der Waals surface area contributed by atoms with Crippen molar-refractivity contribution in [1.29, 1.82) is 0 Å². The molecule has 1 aromatic carbocycles. The van der Waals surface area contributed by atoms with Gasteiger partial charge in [-0.1, -0.05) is 12.1 Å². The molecule has 1 aliphatic heterocycles. The van der Waals surface area contributed by atoms with E-state index in [4.69, 9.17) is 9.47 Å². The number of hydrogen-bond acceptors (Lipinski definition) is 4. The van der Waals surface area contributed by atoms with Crippen LogP contribution in [-0.2, 0) is 11.3 Å². The number of rotatable bonds is 6. The monoisotopic (exact) mass is 278 g/mol. The Kier molecular flexibility index (Phi) is 5.83. The Morgan fingerprint density at radius 2 is 2.10 bits per heavy atom. The van der Waals surface area contributed by atoms with E-state index >= 15 is 0 Å². The van der Waals surface area contributed by atoms with E-state index in [0.717, 1.165) is 38.5 Å². The van der Waals surface area contributed by atoms with Gasteiger partial charge >= 0.3 is 0 Å². The molecule has 2 rings (SSSR count). The molecule has 1 heterocycles. The Hall–Kier alpha value is -1.10. The van der Waals surface area contributed by atoms with E-state index in [2.05, 4.69) is 29.4 Å². The summed E-state index contributed by atoms with van der Waals surface area (Å²) in [6, 6.07) is 8.86. The molecule has 2 unspecified atom stereocenters. The summed E-state index contributed by atoms with van der Waals surface area (Å²) in [7, 11) is 5.92. The summed E-state index contributed by atoms with van der Waals surface area (Å²) in [6.07, 6.45) is 1.11. The van der Waals surface area contributed by atoms with Gasteiger partial charge in [0.1, 0.15) is 5.75 Å². The smallest absolute Gasteiger partial charge is 0.118 e. The van der Waals surface area contributed by atoms with Crippen molar-refractivity contribution in [3.8, 4) is 5.75 Å². The standard InChI is InChI=1S/C16H26N2O2/c1-17-16-8-9-20-12-14(16)11-18(2)10-13-4-6-15(19-3)7-5-13/h4-7,14,16-17H,8-12H2,1-3H3. The molecule has 0 spiro atoms. The van der Waals surface area contributed by atoms with Crippen molar-refractivity contribution in [3.05, 3.63) is 29.8 Å². The lowest BCUT2D eigenvalue weighted by atomic mass is 9.95. The summed E-state index contributed by atoms with van der Waals surface area (Å²) in [5, 5.41) is 3.42. The largest absolute Gasteiger partial charge is 0.497 e. The number of benzene rings is 1. The van der Waals surface area contributed by atoms with Gasteiger partial charge in [0.15, 0.2) is 0 Å². The van der Waals surface area contributed by atoms with E-state index in [9.17, 15) is 0 Å². The van der Waals surface area contributed by atoms with Gasteiger partial charge in [-0.05, 0) is 38.2 Å². The van der Waals surface area contributed by atoms with Crippen LogP contribution in [0.5, 0.6) is 5.75 Å². The van der Waals surface area contributed by atoms with Gasteiger partial charge < -0.3 is 19.7 Å². The van der Waals surface area contributed by atoms with Crippen LogP contribution >= 0.6 is 0 Å². The third kappa shape index (κ3) is 4.20. The van der Waals surface area contributed by atoms with Crippen LogP contribution < -0.4 is 10.1 Å². The van der Waals surface area contributed by atoms with Crippen LogP contribution in [-0.4, -0.2) is 51.9 Å². The molecule has 112 valence electrons. The molecule has 0 radical (unpaired) electrons. The molecule has 0 aliphatic carbocycles. The third-order valence-electron chi connectivity index (χ3n) is 4.00. The number of nitrogens with one attached hydrogen (secondary N) is 1. The first-order valence-corrected chi connectivity index (χ1v) is 7.29. The fourth-order valence-corrected chi connectivity index (χ4v) is 2.86. The molecule has 0 aromatic heterocycles. The normalized spacial score (nSPS) is 23.0. The topological polar surface area (TPSA) is 33.7 Å². The van der Waals surface area contributed by atoms with Crippen molar-refractivity contribution in [3.63, 3.8) is 0 Å². The van der Waals surface area contributed by atoms with E-state index < -0.39 is 0 Å². The number of ether oxygens (including phenoxy) is 2. The van der Waals surface area contributed by atoms with Crippen molar-refractivity contribution >= 4 is 0 Å². The van der Waals surface area contributed by atoms with E-state index in [1.54, 1.807) is 7.11 Å². The van der Waals surface area contributed by atoms with E-state index in [1.165, 1.54) is 5.56 Å². The Morgan fingerprint density at radius 3 is 2.75 bits per heavy atom. The average Bonchev–Trinajstić information content (AvgIpc) is 2.48. The number of methoxy groups -OCH3 is 1. The van der Waals surface area contributed by atoms with Crippen molar-refractivity contribution in [2.75, 3.05) is 41.0 Å². The first-order chi connectivity index (χ1) is 9.72. The molecule has 0 amide bonds. The number of nitrogens with zero attached hydrogens (tertiary/aromatic N) is 1. The second-order valence-electron chi connectivity index (χ2n) is 5.56. The summed E-state index contributed by atoms with van der Waals surface area (Å²) >= 11 is 0. The zero-order valence-electron chi connectivity index (χ0n) is 12.8. The summed E-state index contributed by atoms with van der Waals surface area (Å²) in [5.74, 6) is 1.48. The fourth-order valence-electron chi connectivity index (χ4n) is 2.86. The van der Waals surface area contributed by atoms with Crippen LogP contribution in [0.1, 0.15) is 12.0 Å². The van der Waals surface area contributed by atoms with Gasteiger partial charge in [-0.15, -0.1) is 0 Å². The zero-order chi connectivity index (χ0) is 14.4. The Labute approximate surface area is 122 Å². The molecule has 1 saturated heterocycles. The van der Waals surface area contributed by atoms with Crippen LogP contribution in [0.2, 0.25) is 0 Å². The minimum absolute atomic E-state index is 0.567. The predicted octanol–water partition coefficient (Wildman–Crippen LogP) is 1.75. The SMILES string of the molecule is CNC1CCOCC1CN(C)Cc1ccc(OC)cc1. The highest BCUT2D eigenvalue weighted by Crippen LogP contribution is 2.17. The molecule has 2 atom stereocenters. The maximum Gasteiger partial charge on any atom is 0.118 e. The quantitative estimate of drug-likeness (QED) is 0.859. The van der Waals surface area contributed by atoms with Gasteiger partial charge in [0.2, 0.25) is 0 Å². The van der Waals surface area contributed by atoms with Gasteiger partial charge in [0.05, 0.1) is 13.7 Å². The minimum atomic E-state index is 0.567. The van der Waals surface area contributed by atoms with Crippen LogP contribution in [0.3, 0.4) is 0 Å². The van der Waals surface area contributed by atoms with Crippen molar-refractivity contribution in [1.82, 2.24) is 10.2 Å². The first kappa shape index (κ1) is 15.3. The van der Waals surface area contributed by atoms with Gasteiger partial charge in [0, 0.05) is 31.7 Å². The van der Waals surface area contributed by atoms with Crippen molar-refractivity contribution in [2.24, 2.45) is 5.92 Å². The van der Waals surface area contributed by atoms with E-state index in [1.807, 2.05) is 19.2 Å². The molecule has 20 heavy (non-hydrogen) atoms. The highest BCUT2D eigenvalue weighted by atomic mass is 16.5. The Morgan fingerprint density at radius 1 is 1.35 bits per heavy atom. The van der Waals surface area contributed by atoms with Gasteiger partial charge in [-0.3, -0.25) is 0 Å². The minimum Gasteiger partial charge on any atom is -0.497 e. The lowest BCUT2D eigenvalue weighted by Crippen LogP contribution is -2.45. The van der Waals surface area contributed by atoms with Crippen LogP contribution in [0.25, 0.3) is 0 Å². The predicted molar refractivity (Wildman–Crippen MR) is 81.1 cm³/mol. The lowest BCUT2D eigenvalue weighted by molar-refractivity contribution is 0.0208. The Bertz CT molecular complexity index is 394. The molecule has 0 saturated carbocycles. The van der Waals surface area contributed by atoms with Crippen molar-refractivity contribution in [2.45, 2.75) is 19.0 Å². The lowest BCUT2D eigenvalue weighted by Gasteiger charge is -2.34. The average molecular weight is 278 g/mol. The van der Waals surface area contributed by atoms with Crippen LogP contribution in [0.15, 0.2) is 24.3 Å². The second-order valence-corrected chi connectivity index (χ2v) is 5.56. The molecular formula is C16H26N2O2. The zero-order valence-corrected chi connectivity index (χ0v) is 12.8.